The number of halogens is 2. The lowest BCUT2D eigenvalue weighted by Gasteiger charge is -2.13. The summed E-state index contributed by atoms with van der Waals surface area (Å²) in [6.07, 6.45) is 4.08. The number of rotatable bonds is 4. The number of carbonyl (C=O) groups excluding carboxylic acids is 1. The molecule has 1 atom stereocenters. The molecule has 0 aromatic carbocycles. The lowest BCUT2D eigenvalue weighted by Crippen LogP contribution is -2.37. The van der Waals surface area contributed by atoms with Crippen LogP contribution < -0.4 is 10.6 Å². The van der Waals surface area contributed by atoms with Crippen LogP contribution in [0.1, 0.15) is 48.8 Å². The largest absolute Gasteiger partial charge is 0.350 e. The van der Waals surface area contributed by atoms with Crippen LogP contribution in [0, 0.1) is 6.92 Å². The number of aryl methyl sites for hydroxylation is 1. The fraction of sp³-hybridized carbons (Fsp3) is 0.562. The molecule has 6 nitrogen and oxygen atoms in total. The Morgan fingerprint density at radius 3 is 2.83 bits per heavy atom. The smallest absolute Gasteiger partial charge is 0.253 e. The van der Waals surface area contributed by atoms with Gasteiger partial charge in [-0.15, -0.1) is 24.8 Å². The molecule has 24 heavy (non-hydrogen) atoms. The molecule has 3 rings (SSSR count). The number of carbonyl (C=O) groups is 1. The van der Waals surface area contributed by atoms with E-state index in [1.807, 2.05) is 17.7 Å². The van der Waals surface area contributed by atoms with Gasteiger partial charge in [0.25, 0.3) is 5.91 Å². The Balaban J connectivity index is 0.00000144. The van der Waals surface area contributed by atoms with Gasteiger partial charge < -0.3 is 10.6 Å². The maximum Gasteiger partial charge on any atom is 0.253 e. The molecular formula is C16H25Cl2N5O. The van der Waals surface area contributed by atoms with E-state index in [1.165, 1.54) is 6.42 Å². The zero-order valence-electron chi connectivity index (χ0n) is 14.2. The van der Waals surface area contributed by atoms with Crippen LogP contribution in [0.2, 0.25) is 0 Å². The third kappa shape index (κ3) is 4.18. The first-order valence-electron chi connectivity index (χ1n) is 7.92. The average Bonchev–Trinajstić information content (AvgIpc) is 3.12. The normalized spacial score (nSPS) is 16.8. The maximum absolute atomic E-state index is 12.4. The van der Waals surface area contributed by atoms with Crippen molar-refractivity contribution < 1.29 is 4.79 Å². The van der Waals surface area contributed by atoms with Crippen LogP contribution in [0.25, 0.3) is 11.0 Å². The number of nitrogens with one attached hydrogen (secondary N) is 2. The average molecular weight is 374 g/mol. The Bertz CT molecular complexity index is 695. The zero-order valence-corrected chi connectivity index (χ0v) is 15.8. The van der Waals surface area contributed by atoms with E-state index in [-0.39, 0.29) is 36.8 Å². The van der Waals surface area contributed by atoms with Crippen molar-refractivity contribution in [3.8, 4) is 0 Å². The lowest BCUT2D eigenvalue weighted by atomic mass is 10.1. The Kier molecular flexibility index (Phi) is 7.45. The minimum atomic E-state index is -0.0575. The van der Waals surface area contributed by atoms with Gasteiger partial charge in [-0.25, -0.2) is 9.67 Å². The van der Waals surface area contributed by atoms with Crippen LogP contribution in [0.4, 0.5) is 0 Å². The molecule has 0 radical (unpaired) electrons. The highest BCUT2D eigenvalue weighted by Gasteiger charge is 2.18. The molecule has 0 spiro atoms. The van der Waals surface area contributed by atoms with Crippen LogP contribution >= 0.6 is 24.8 Å². The van der Waals surface area contributed by atoms with Crippen LogP contribution in [-0.4, -0.2) is 39.8 Å². The van der Waals surface area contributed by atoms with Crippen molar-refractivity contribution in [3.05, 3.63) is 23.5 Å². The second-order valence-corrected chi connectivity index (χ2v) is 6.22. The number of nitrogens with zero attached hydrogens (tertiary/aromatic N) is 3. The molecule has 3 heterocycles. The minimum Gasteiger partial charge on any atom is -0.350 e. The number of pyridine rings is 1. The molecular weight excluding hydrogens is 349 g/mol. The maximum atomic E-state index is 12.4. The van der Waals surface area contributed by atoms with Crippen molar-refractivity contribution in [3.63, 3.8) is 0 Å². The molecule has 1 saturated heterocycles. The lowest BCUT2D eigenvalue weighted by molar-refractivity contribution is 0.0949. The Morgan fingerprint density at radius 1 is 1.46 bits per heavy atom. The molecule has 0 aliphatic carbocycles. The van der Waals surface area contributed by atoms with E-state index >= 15 is 0 Å². The van der Waals surface area contributed by atoms with E-state index < -0.39 is 0 Å². The van der Waals surface area contributed by atoms with Crippen molar-refractivity contribution in [2.45, 2.75) is 45.7 Å². The van der Waals surface area contributed by atoms with Crippen molar-refractivity contribution in [1.29, 1.82) is 0 Å². The standard InChI is InChI=1S/C16H23N5O.2ClH/c1-10(2)21-15-12(8-19-21)7-14(11(3)20-15)16(22)18-9-13-5-4-6-17-13;;/h7-8,10,13,17H,4-6,9H2,1-3H3,(H,18,22);2*1H. The fourth-order valence-electron chi connectivity index (χ4n) is 2.92. The van der Waals surface area contributed by atoms with E-state index in [2.05, 4.69) is 34.6 Å². The van der Waals surface area contributed by atoms with Crippen molar-refractivity contribution >= 4 is 41.8 Å². The SMILES string of the molecule is Cc1nc2c(cnn2C(C)C)cc1C(=O)NCC1CCCN1.Cl.Cl. The summed E-state index contributed by atoms with van der Waals surface area (Å²) in [5.74, 6) is -0.0575. The van der Waals surface area contributed by atoms with Gasteiger partial charge >= 0.3 is 0 Å². The predicted octanol–water partition coefficient (Wildman–Crippen LogP) is 2.65. The number of fused-ring (bicyclic) bond motifs is 1. The molecule has 1 fully saturated rings. The topological polar surface area (TPSA) is 71.8 Å². The molecule has 2 aromatic heterocycles. The molecule has 1 amide bonds. The van der Waals surface area contributed by atoms with Gasteiger partial charge in [0.2, 0.25) is 0 Å². The summed E-state index contributed by atoms with van der Waals surface area (Å²) in [5.41, 5.74) is 2.21. The number of hydrogen-bond donors (Lipinski definition) is 2. The monoisotopic (exact) mass is 373 g/mol. The third-order valence-electron chi connectivity index (χ3n) is 4.16. The van der Waals surface area contributed by atoms with Gasteiger partial charge in [0.05, 0.1) is 17.5 Å². The van der Waals surface area contributed by atoms with Gasteiger partial charge in [0, 0.05) is 24.0 Å². The third-order valence-corrected chi connectivity index (χ3v) is 4.16. The second kappa shape index (κ2) is 8.65. The molecule has 0 bridgehead atoms. The van der Waals surface area contributed by atoms with Crippen LogP contribution in [0.3, 0.4) is 0 Å². The van der Waals surface area contributed by atoms with Gasteiger partial charge in [-0.1, -0.05) is 0 Å². The van der Waals surface area contributed by atoms with E-state index in [9.17, 15) is 4.79 Å². The number of hydrogen-bond acceptors (Lipinski definition) is 4. The first-order valence-corrected chi connectivity index (χ1v) is 7.92. The first kappa shape index (κ1) is 20.7. The summed E-state index contributed by atoms with van der Waals surface area (Å²) < 4.78 is 1.88. The minimum absolute atomic E-state index is 0. The van der Waals surface area contributed by atoms with E-state index in [1.54, 1.807) is 6.20 Å². The van der Waals surface area contributed by atoms with E-state index in [4.69, 9.17) is 0 Å². The summed E-state index contributed by atoms with van der Waals surface area (Å²) in [7, 11) is 0. The number of aromatic nitrogens is 3. The Hall–Kier alpha value is -1.37. The molecule has 1 aliphatic rings. The van der Waals surface area contributed by atoms with Gasteiger partial charge in [-0.05, 0) is 46.2 Å². The molecule has 8 heteroatoms. The highest BCUT2D eigenvalue weighted by atomic mass is 35.5. The van der Waals surface area contributed by atoms with Crippen molar-refractivity contribution in [2.75, 3.05) is 13.1 Å². The van der Waals surface area contributed by atoms with Gasteiger partial charge in [0.1, 0.15) is 0 Å². The van der Waals surface area contributed by atoms with E-state index in [0.29, 0.717) is 18.2 Å². The fourth-order valence-corrected chi connectivity index (χ4v) is 2.92. The predicted molar refractivity (Wildman–Crippen MR) is 101 cm³/mol. The molecule has 1 aliphatic heterocycles. The molecule has 0 saturated carbocycles. The van der Waals surface area contributed by atoms with Crippen LogP contribution in [-0.2, 0) is 0 Å². The first-order chi connectivity index (χ1) is 10.6. The highest BCUT2D eigenvalue weighted by Crippen LogP contribution is 2.19. The highest BCUT2D eigenvalue weighted by molar-refractivity contribution is 5.98. The quantitative estimate of drug-likeness (QED) is 0.863. The van der Waals surface area contributed by atoms with Crippen LogP contribution in [0.5, 0.6) is 0 Å². The van der Waals surface area contributed by atoms with Gasteiger partial charge in [0.15, 0.2) is 5.65 Å². The van der Waals surface area contributed by atoms with E-state index in [0.717, 1.165) is 29.7 Å². The van der Waals surface area contributed by atoms with Crippen LogP contribution in [0.15, 0.2) is 12.3 Å². The summed E-state index contributed by atoms with van der Waals surface area (Å²) >= 11 is 0. The van der Waals surface area contributed by atoms with Gasteiger partial charge in [-0.2, -0.15) is 5.10 Å². The second-order valence-electron chi connectivity index (χ2n) is 6.22. The summed E-state index contributed by atoms with van der Waals surface area (Å²) in [4.78, 5) is 17.0. The molecule has 2 aromatic rings. The van der Waals surface area contributed by atoms with Crippen molar-refractivity contribution in [2.24, 2.45) is 0 Å². The molecule has 1 unspecified atom stereocenters. The molecule has 2 N–H and O–H groups in total. The van der Waals surface area contributed by atoms with Gasteiger partial charge in [-0.3, -0.25) is 4.79 Å². The Labute approximate surface area is 154 Å². The summed E-state index contributed by atoms with van der Waals surface area (Å²) in [5, 5.41) is 11.7. The number of amides is 1. The summed E-state index contributed by atoms with van der Waals surface area (Å²) in [6, 6.07) is 2.53. The zero-order chi connectivity index (χ0) is 15.7. The molecule has 134 valence electrons. The Morgan fingerprint density at radius 2 is 2.21 bits per heavy atom. The van der Waals surface area contributed by atoms with Crippen molar-refractivity contribution in [1.82, 2.24) is 25.4 Å². The summed E-state index contributed by atoms with van der Waals surface area (Å²) in [6.45, 7) is 7.72.